The van der Waals surface area contributed by atoms with Crippen LogP contribution in [0.5, 0.6) is 0 Å². The molecule has 0 aromatic carbocycles. The molecular weight excluding hydrogens is 256 g/mol. The molecule has 1 aliphatic heterocycles. The minimum Gasteiger partial charge on any atom is -0.380 e. The highest BCUT2D eigenvalue weighted by Gasteiger charge is 2.18. The summed E-state index contributed by atoms with van der Waals surface area (Å²) >= 11 is 0. The first-order chi connectivity index (χ1) is 9.74. The summed E-state index contributed by atoms with van der Waals surface area (Å²) in [5.41, 5.74) is 5.83. The Kier molecular flexibility index (Phi) is 5.34. The van der Waals surface area contributed by atoms with Crippen molar-refractivity contribution in [1.82, 2.24) is 15.0 Å². The molecule has 112 valence electrons. The Morgan fingerprint density at radius 1 is 1.20 bits per heavy atom. The SMILES string of the molecule is CCOCCN(CC)c1nc(N)nc(N2CCCC2)n1. The highest BCUT2D eigenvalue weighted by molar-refractivity contribution is 5.43. The molecule has 7 nitrogen and oxygen atoms in total. The van der Waals surface area contributed by atoms with Gasteiger partial charge in [0.2, 0.25) is 17.8 Å². The van der Waals surface area contributed by atoms with Crippen molar-refractivity contribution in [2.75, 3.05) is 54.9 Å². The van der Waals surface area contributed by atoms with Gasteiger partial charge in [0.25, 0.3) is 0 Å². The van der Waals surface area contributed by atoms with Gasteiger partial charge >= 0.3 is 0 Å². The molecule has 0 aliphatic carbocycles. The van der Waals surface area contributed by atoms with Crippen molar-refractivity contribution in [2.24, 2.45) is 0 Å². The van der Waals surface area contributed by atoms with Crippen LogP contribution in [-0.4, -0.2) is 54.3 Å². The molecule has 1 aromatic rings. The minimum absolute atomic E-state index is 0.284. The first-order valence-corrected chi connectivity index (χ1v) is 7.33. The van der Waals surface area contributed by atoms with Crippen molar-refractivity contribution in [2.45, 2.75) is 26.7 Å². The number of nitrogens with zero attached hydrogens (tertiary/aromatic N) is 5. The van der Waals surface area contributed by atoms with Crippen molar-refractivity contribution in [1.29, 1.82) is 0 Å². The van der Waals surface area contributed by atoms with Gasteiger partial charge in [-0.15, -0.1) is 0 Å². The fourth-order valence-corrected chi connectivity index (χ4v) is 2.29. The Morgan fingerprint density at radius 2 is 1.95 bits per heavy atom. The van der Waals surface area contributed by atoms with Crippen molar-refractivity contribution in [3.63, 3.8) is 0 Å². The second kappa shape index (κ2) is 7.23. The van der Waals surface area contributed by atoms with Gasteiger partial charge in [-0.25, -0.2) is 0 Å². The lowest BCUT2D eigenvalue weighted by atomic mass is 10.4. The van der Waals surface area contributed by atoms with Crippen LogP contribution in [0.25, 0.3) is 0 Å². The average Bonchev–Trinajstić information content (AvgIpc) is 2.97. The topological polar surface area (TPSA) is 80.4 Å². The Morgan fingerprint density at radius 3 is 2.60 bits per heavy atom. The van der Waals surface area contributed by atoms with Crippen LogP contribution in [0, 0.1) is 0 Å². The van der Waals surface area contributed by atoms with Gasteiger partial charge in [-0.05, 0) is 26.7 Å². The lowest BCUT2D eigenvalue weighted by Gasteiger charge is -2.22. The monoisotopic (exact) mass is 280 g/mol. The zero-order valence-electron chi connectivity index (χ0n) is 12.4. The molecule has 1 saturated heterocycles. The number of hydrogen-bond donors (Lipinski definition) is 1. The second-order valence-corrected chi connectivity index (χ2v) is 4.76. The molecule has 7 heteroatoms. The Labute approximate surface area is 120 Å². The lowest BCUT2D eigenvalue weighted by Crippen LogP contribution is -2.30. The van der Waals surface area contributed by atoms with E-state index in [0.29, 0.717) is 18.5 Å². The van der Waals surface area contributed by atoms with Gasteiger partial charge in [-0.1, -0.05) is 0 Å². The number of rotatable bonds is 7. The van der Waals surface area contributed by atoms with Crippen molar-refractivity contribution >= 4 is 17.8 Å². The van der Waals surface area contributed by atoms with Gasteiger partial charge in [0.15, 0.2) is 0 Å². The number of nitrogens with two attached hydrogens (primary N) is 1. The third-order valence-electron chi connectivity index (χ3n) is 3.39. The lowest BCUT2D eigenvalue weighted by molar-refractivity contribution is 0.153. The molecule has 1 aliphatic rings. The van der Waals surface area contributed by atoms with Gasteiger partial charge in [0.1, 0.15) is 0 Å². The summed E-state index contributed by atoms with van der Waals surface area (Å²) in [6.45, 7) is 9.00. The van der Waals surface area contributed by atoms with E-state index in [2.05, 4.69) is 31.7 Å². The maximum absolute atomic E-state index is 5.83. The summed E-state index contributed by atoms with van der Waals surface area (Å²) in [5.74, 6) is 1.62. The van der Waals surface area contributed by atoms with Crippen molar-refractivity contribution in [3.05, 3.63) is 0 Å². The van der Waals surface area contributed by atoms with Gasteiger partial charge in [0, 0.05) is 32.8 Å². The largest absolute Gasteiger partial charge is 0.380 e. The van der Waals surface area contributed by atoms with E-state index in [4.69, 9.17) is 10.5 Å². The molecule has 2 N–H and O–H groups in total. The van der Waals surface area contributed by atoms with E-state index in [0.717, 1.165) is 32.8 Å². The zero-order valence-corrected chi connectivity index (χ0v) is 12.4. The summed E-state index contributed by atoms with van der Waals surface area (Å²) in [6.07, 6.45) is 2.37. The van der Waals surface area contributed by atoms with Gasteiger partial charge in [-0.3, -0.25) is 0 Å². The van der Waals surface area contributed by atoms with Crippen LogP contribution in [0.3, 0.4) is 0 Å². The van der Waals surface area contributed by atoms with E-state index in [1.54, 1.807) is 0 Å². The van der Waals surface area contributed by atoms with Crippen LogP contribution in [0.1, 0.15) is 26.7 Å². The quantitative estimate of drug-likeness (QED) is 0.744. The number of anilines is 3. The van der Waals surface area contributed by atoms with E-state index < -0.39 is 0 Å². The van der Waals surface area contributed by atoms with E-state index in [1.165, 1.54) is 12.8 Å². The fraction of sp³-hybridized carbons (Fsp3) is 0.769. The van der Waals surface area contributed by atoms with E-state index in [1.807, 2.05) is 6.92 Å². The predicted octanol–water partition coefficient (Wildman–Crippen LogP) is 0.917. The molecule has 0 amide bonds. The summed E-state index contributed by atoms with van der Waals surface area (Å²) in [7, 11) is 0. The van der Waals surface area contributed by atoms with Gasteiger partial charge < -0.3 is 20.3 Å². The summed E-state index contributed by atoms with van der Waals surface area (Å²) < 4.78 is 5.39. The predicted molar refractivity (Wildman–Crippen MR) is 80.1 cm³/mol. The molecule has 0 spiro atoms. The second-order valence-electron chi connectivity index (χ2n) is 4.76. The molecule has 2 rings (SSSR count). The Balaban J connectivity index is 2.12. The van der Waals surface area contributed by atoms with Crippen LogP contribution < -0.4 is 15.5 Å². The van der Waals surface area contributed by atoms with Gasteiger partial charge in [0.05, 0.1) is 6.61 Å². The molecule has 1 fully saturated rings. The average molecular weight is 280 g/mol. The molecule has 0 radical (unpaired) electrons. The standard InChI is InChI=1S/C13H24N6O/c1-3-18(9-10-20-4-2)12-15-11(14)16-13(17-12)19-7-5-6-8-19/h3-10H2,1-2H3,(H2,14,15,16,17). The third kappa shape index (κ3) is 3.69. The van der Waals surface area contributed by atoms with Crippen LogP contribution in [-0.2, 0) is 4.74 Å². The minimum atomic E-state index is 0.284. The maximum atomic E-state index is 5.83. The zero-order chi connectivity index (χ0) is 14.4. The molecule has 0 unspecified atom stereocenters. The number of aromatic nitrogens is 3. The molecule has 0 bridgehead atoms. The first-order valence-electron chi connectivity index (χ1n) is 7.33. The molecule has 0 saturated carbocycles. The van der Waals surface area contributed by atoms with E-state index in [-0.39, 0.29) is 5.95 Å². The highest BCUT2D eigenvalue weighted by Crippen LogP contribution is 2.19. The van der Waals surface area contributed by atoms with Crippen LogP contribution >= 0.6 is 0 Å². The normalized spacial score (nSPS) is 14.8. The summed E-state index contributed by atoms with van der Waals surface area (Å²) in [6, 6.07) is 0. The smallest absolute Gasteiger partial charge is 0.232 e. The molecular formula is C13H24N6O. The van der Waals surface area contributed by atoms with Crippen LogP contribution in [0.15, 0.2) is 0 Å². The maximum Gasteiger partial charge on any atom is 0.232 e. The van der Waals surface area contributed by atoms with Crippen LogP contribution in [0.4, 0.5) is 17.8 Å². The van der Waals surface area contributed by atoms with Crippen molar-refractivity contribution < 1.29 is 4.74 Å². The Hall–Kier alpha value is -1.63. The number of ether oxygens (including phenoxy) is 1. The Bertz CT molecular complexity index is 421. The number of likely N-dealkylation sites (N-methyl/N-ethyl adjacent to an activating group) is 1. The van der Waals surface area contributed by atoms with Crippen LogP contribution in [0.2, 0.25) is 0 Å². The molecule has 20 heavy (non-hydrogen) atoms. The molecule has 0 atom stereocenters. The third-order valence-corrected chi connectivity index (χ3v) is 3.39. The summed E-state index contributed by atoms with van der Waals surface area (Å²) in [5, 5.41) is 0. The fourth-order valence-electron chi connectivity index (χ4n) is 2.29. The van der Waals surface area contributed by atoms with E-state index in [9.17, 15) is 0 Å². The van der Waals surface area contributed by atoms with E-state index >= 15 is 0 Å². The first kappa shape index (κ1) is 14.8. The molecule has 2 heterocycles. The van der Waals surface area contributed by atoms with Gasteiger partial charge in [-0.2, -0.15) is 15.0 Å². The molecule has 1 aromatic heterocycles. The van der Waals surface area contributed by atoms with Crippen molar-refractivity contribution in [3.8, 4) is 0 Å². The summed E-state index contributed by atoms with van der Waals surface area (Å²) in [4.78, 5) is 17.3. The number of hydrogen-bond acceptors (Lipinski definition) is 7. The highest BCUT2D eigenvalue weighted by atomic mass is 16.5. The number of nitrogen functional groups attached to an aromatic ring is 1.